The number of hydrogen-bond donors (Lipinski definition) is 1. The zero-order chi connectivity index (χ0) is 27.8. The Bertz CT molecular complexity index is 1320. The quantitative estimate of drug-likeness (QED) is 0.499. The summed E-state index contributed by atoms with van der Waals surface area (Å²) in [7, 11) is -4.10. The van der Waals surface area contributed by atoms with Crippen LogP contribution in [0.5, 0.6) is 5.75 Å². The van der Waals surface area contributed by atoms with Crippen molar-refractivity contribution in [2.45, 2.75) is 63.8 Å². The fourth-order valence-corrected chi connectivity index (χ4v) is 5.11. The van der Waals surface area contributed by atoms with Crippen LogP contribution in [0.15, 0.2) is 47.4 Å². The lowest BCUT2D eigenvalue weighted by Gasteiger charge is -2.37. The molecular weight excluding hydrogens is 511 g/mol. The van der Waals surface area contributed by atoms with Gasteiger partial charge in [0.15, 0.2) is 0 Å². The van der Waals surface area contributed by atoms with Gasteiger partial charge in [-0.2, -0.15) is 18.4 Å². The number of alkyl halides is 3. The molecule has 1 N–H and O–H groups in total. The first-order valence-electron chi connectivity index (χ1n) is 11.3. The Kier molecular flexibility index (Phi) is 7.43. The van der Waals surface area contributed by atoms with Gasteiger partial charge in [-0.3, -0.25) is 9.62 Å². The van der Waals surface area contributed by atoms with Gasteiger partial charge in [0.05, 0.1) is 28.6 Å². The number of benzene rings is 2. The van der Waals surface area contributed by atoms with Crippen LogP contribution >= 0.6 is 0 Å². The van der Waals surface area contributed by atoms with Crippen LogP contribution in [0, 0.1) is 23.7 Å². The van der Waals surface area contributed by atoms with E-state index < -0.39 is 39.4 Å². The normalized spacial score (nSPS) is 16.3. The molecule has 1 unspecified atom stereocenters. The average molecular weight is 540 g/mol. The van der Waals surface area contributed by atoms with Crippen LogP contribution in [0.25, 0.3) is 0 Å². The second-order valence-corrected chi connectivity index (χ2v) is 11.9. The van der Waals surface area contributed by atoms with Gasteiger partial charge in [0, 0.05) is 12.1 Å². The second-order valence-electron chi connectivity index (χ2n) is 9.99. The Labute approximate surface area is 214 Å². The molecule has 1 aliphatic rings. The van der Waals surface area contributed by atoms with Gasteiger partial charge >= 0.3 is 12.3 Å². The lowest BCUT2D eigenvalue weighted by atomic mass is 9.88. The number of hydrogen-bond acceptors (Lipinski definition) is 6. The minimum absolute atomic E-state index is 0.00485. The maximum Gasteiger partial charge on any atom is 0.427 e. The molecule has 1 amide bonds. The largest absolute Gasteiger partial charge is 0.486 e. The maximum absolute atomic E-state index is 13.6. The predicted octanol–water partition coefficient (Wildman–Crippen LogP) is 5.78. The standard InChI is InChI=1S/C25H28F3N3O5S/c1-16-6-9-19(10-7-16)37(33,34)31-14-18(13-23(2,3)15-29)35-21-11-8-17(12-20(21)31)30-22(32)36-24(4,5)25(26,27)28/h6-12,18H,13-14H2,1-5H3,(H,30,32). The molecule has 0 aliphatic carbocycles. The number of fused-ring (bicyclic) bond motifs is 1. The fraction of sp³-hybridized carbons (Fsp3) is 0.440. The summed E-state index contributed by atoms with van der Waals surface area (Å²) in [6.07, 6.45) is -6.57. The molecule has 0 saturated carbocycles. The lowest BCUT2D eigenvalue weighted by molar-refractivity contribution is -0.242. The summed E-state index contributed by atoms with van der Waals surface area (Å²) in [6, 6.07) is 12.5. The van der Waals surface area contributed by atoms with E-state index in [0.29, 0.717) is 13.8 Å². The summed E-state index contributed by atoms with van der Waals surface area (Å²) in [6.45, 7) is 6.55. The Morgan fingerprint density at radius 1 is 1.16 bits per heavy atom. The molecule has 0 radical (unpaired) electrons. The summed E-state index contributed by atoms with van der Waals surface area (Å²) in [4.78, 5) is 12.2. The fourth-order valence-electron chi connectivity index (χ4n) is 3.61. The predicted molar refractivity (Wildman–Crippen MR) is 131 cm³/mol. The van der Waals surface area contributed by atoms with Gasteiger partial charge in [-0.05, 0) is 65.0 Å². The first kappa shape index (κ1) is 28.1. The lowest BCUT2D eigenvalue weighted by Crippen LogP contribution is -2.45. The summed E-state index contributed by atoms with van der Waals surface area (Å²) in [5.74, 6) is 0.176. The van der Waals surface area contributed by atoms with Gasteiger partial charge in [-0.25, -0.2) is 13.2 Å². The number of halogens is 3. The number of carbonyl (C=O) groups is 1. The number of ether oxygens (including phenoxy) is 2. The van der Waals surface area contributed by atoms with Crippen molar-refractivity contribution in [2.75, 3.05) is 16.2 Å². The molecule has 8 nitrogen and oxygen atoms in total. The number of nitrogens with one attached hydrogen (secondary N) is 1. The zero-order valence-electron chi connectivity index (χ0n) is 21.0. The van der Waals surface area contributed by atoms with Gasteiger partial charge in [0.25, 0.3) is 10.0 Å². The van der Waals surface area contributed by atoms with Crippen LogP contribution in [0.3, 0.4) is 0 Å². The van der Waals surface area contributed by atoms with Gasteiger partial charge in [0.1, 0.15) is 11.9 Å². The minimum Gasteiger partial charge on any atom is -0.486 e. The molecule has 1 aliphatic heterocycles. The number of rotatable bonds is 6. The third-order valence-electron chi connectivity index (χ3n) is 5.82. The maximum atomic E-state index is 13.6. The monoisotopic (exact) mass is 539 g/mol. The Balaban J connectivity index is 1.98. The summed E-state index contributed by atoms with van der Waals surface area (Å²) in [5.41, 5.74) is -2.58. The SMILES string of the molecule is Cc1ccc(S(=O)(=O)N2CC(CC(C)(C)C#N)Oc3ccc(NC(=O)OC(C)(C)C(F)(F)F)cc32)cc1. The molecule has 2 aromatic rings. The van der Waals surface area contributed by atoms with E-state index in [1.807, 2.05) is 6.92 Å². The number of anilines is 2. The summed E-state index contributed by atoms with van der Waals surface area (Å²) >= 11 is 0. The number of amides is 1. The van der Waals surface area contributed by atoms with Crippen LogP contribution in [-0.2, 0) is 14.8 Å². The van der Waals surface area contributed by atoms with Crippen LogP contribution < -0.4 is 14.4 Å². The second kappa shape index (κ2) is 9.78. The minimum atomic E-state index is -4.79. The molecule has 1 heterocycles. The van der Waals surface area contributed by atoms with E-state index in [9.17, 15) is 31.6 Å². The molecule has 0 aromatic heterocycles. The highest BCUT2D eigenvalue weighted by atomic mass is 32.2. The number of aryl methyl sites for hydroxylation is 1. The zero-order valence-corrected chi connectivity index (χ0v) is 21.8. The highest BCUT2D eigenvalue weighted by Gasteiger charge is 2.51. The van der Waals surface area contributed by atoms with Crippen molar-refractivity contribution in [3.8, 4) is 11.8 Å². The van der Waals surface area contributed by atoms with E-state index in [2.05, 4.69) is 16.1 Å². The Morgan fingerprint density at radius 2 is 1.78 bits per heavy atom. The van der Waals surface area contributed by atoms with Crippen molar-refractivity contribution in [3.63, 3.8) is 0 Å². The molecule has 2 aromatic carbocycles. The topological polar surface area (TPSA) is 109 Å². The van der Waals surface area contributed by atoms with Gasteiger partial charge in [-0.15, -0.1) is 0 Å². The number of nitriles is 1. The molecular formula is C25H28F3N3O5S. The molecule has 1 atom stereocenters. The van der Waals surface area contributed by atoms with Gasteiger partial charge in [0.2, 0.25) is 5.60 Å². The first-order valence-corrected chi connectivity index (χ1v) is 12.8. The van der Waals surface area contributed by atoms with E-state index >= 15 is 0 Å². The highest BCUT2D eigenvalue weighted by Crippen LogP contribution is 2.41. The molecule has 3 rings (SSSR count). The van der Waals surface area contributed by atoms with Gasteiger partial charge in [-0.1, -0.05) is 17.7 Å². The van der Waals surface area contributed by atoms with Gasteiger partial charge < -0.3 is 9.47 Å². The van der Waals surface area contributed by atoms with E-state index in [1.165, 1.54) is 30.3 Å². The third-order valence-corrected chi connectivity index (χ3v) is 7.61. The average Bonchev–Trinajstić information content (AvgIpc) is 2.77. The summed E-state index contributed by atoms with van der Waals surface area (Å²) < 4.78 is 78.2. The molecule has 0 spiro atoms. The number of carbonyl (C=O) groups excluding carboxylic acids is 1. The van der Waals surface area contributed by atoms with Crippen molar-refractivity contribution in [3.05, 3.63) is 48.0 Å². The van der Waals surface area contributed by atoms with Crippen molar-refractivity contribution in [2.24, 2.45) is 5.41 Å². The molecule has 12 heteroatoms. The highest BCUT2D eigenvalue weighted by molar-refractivity contribution is 7.92. The molecule has 0 saturated heterocycles. The van der Waals surface area contributed by atoms with Crippen molar-refractivity contribution < 1.29 is 35.9 Å². The smallest absolute Gasteiger partial charge is 0.427 e. The molecule has 0 fully saturated rings. The van der Waals surface area contributed by atoms with Crippen LogP contribution in [0.4, 0.5) is 29.3 Å². The van der Waals surface area contributed by atoms with E-state index in [-0.39, 0.29) is 35.0 Å². The molecule has 37 heavy (non-hydrogen) atoms. The summed E-state index contributed by atoms with van der Waals surface area (Å²) in [5, 5.41) is 11.7. The Morgan fingerprint density at radius 3 is 2.35 bits per heavy atom. The molecule has 200 valence electrons. The van der Waals surface area contributed by atoms with Crippen LogP contribution in [-0.4, -0.2) is 38.9 Å². The van der Waals surface area contributed by atoms with Crippen LogP contribution in [0.2, 0.25) is 0 Å². The van der Waals surface area contributed by atoms with Crippen molar-refractivity contribution in [1.29, 1.82) is 5.26 Å². The van der Waals surface area contributed by atoms with E-state index in [0.717, 1.165) is 9.87 Å². The number of nitrogens with zero attached hydrogens (tertiary/aromatic N) is 2. The van der Waals surface area contributed by atoms with Crippen molar-refractivity contribution in [1.82, 2.24) is 0 Å². The third kappa shape index (κ3) is 6.28. The first-order chi connectivity index (χ1) is 16.9. The Hall–Kier alpha value is -3.46. The van der Waals surface area contributed by atoms with E-state index in [4.69, 9.17) is 4.74 Å². The van der Waals surface area contributed by atoms with E-state index in [1.54, 1.807) is 26.0 Å². The van der Waals surface area contributed by atoms with Crippen LogP contribution in [0.1, 0.15) is 39.7 Å². The molecule has 0 bridgehead atoms. The number of sulfonamides is 1. The van der Waals surface area contributed by atoms with Crippen molar-refractivity contribution >= 4 is 27.5 Å².